The zero-order valence-corrected chi connectivity index (χ0v) is 11.1. The fourth-order valence-electron chi connectivity index (χ4n) is 2.02. The summed E-state index contributed by atoms with van der Waals surface area (Å²) in [4.78, 5) is 4.19. The van der Waals surface area contributed by atoms with E-state index in [1.54, 1.807) is 12.3 Å². The molecule has 0 fully saturated rings. The van der Waals surface area contributed by atoms with Crippen LogP contribution in [0.1, 0.15) is 28.5 Å². The lowest BCUT2D eigenvalue weighted by atomic mass is 10.0. The first-order valence-electron chi connectivity index (χ1n) is 5.97. The Morgan fingerprint density at radius 1 is 1.26 bits per heavy atom. The van der Waals surface area contributed by atoms with Crippen LogP contribution < -0.4 is 4.74 Å². The molecule has 0 radical (unpaired) electrons. The molecule has 19 heavy (non-hydrogen) atoms. The van der Waals surface area contributed by atoms with Crippen molar-refractivity contribution in [2.45, 2.75) is 20.0 Å². The van der Waals surface area contributed by atoms with Crippen LogP contribution in [-0.2, 0) is 0 Å². The van der Waals surface area contributed by atoms with E-state index in [1.807, 2.05) is 19.9 Å². The largest absolute Gasteiger partial charge is 0.497 e. The van der Waals surface area contributed by atoms with E-state index in [-0.39, 0.29) is 5.56 Å². The summed E-state index contributed by atoms with van der Waals surface area (Å²) in [6.45, 7) is 3.77. The molecule has 2 rings (SSSR count). The smallest absolute Gasteiger partial charge is 0.133 e. The molecule has 0 bridgehead atoms. The second-order valence-electron chi connectivity index (χ2n) is 4.50. The van der Waals surface area contributed by atoms with Crippen molar-refractivity contribution in [2.75, 3.05) is 7.11 Å². The number of methoxy groups -OCH3 is 1. The van der Waals surface area contributed by atoms with Crippen LogP contribution in [0.2, 0.25) is 0 Å². The van der Waals surface area contributed by atoms with E-state index in [4.69, 9.17) is 4.74 Å². The molecule has 0 aliphatic rings. The Kier molecular flexibility index (Phi) is 3.81. The maximum Gasteiger partial charge on any atom is 0.133 e. The molecule has 2 aromatic rings. The predicted molar refractivity (Wildman–Crippen MR) is 70.7 cm³/mol. The van der Waals surface area contributed by atoms with E-state index in [0.29, 0.717) is 11.4 Å². The maximum atomic E-state index is 13.9. The van der Waals surface area contributed by atoms with Crippen molar-refractivity contribution in [1.29, 1.82) is 0 Å². The number of aliphatic hydroxyl groups is 1. The normalized spacial score (nSPS) is 12.3. The van der Waals surface area contributed by atoms with Gasteiger partial charge in [0, 0.05) is 17.8 Å². The minimum absolute atomic E-state index is 0.195. The topological polar surface area (TPSA) is 42.4 Å². The Bertz CT molecular complexity index is 599. The zero-order chi connectivity index (χ0) is 14.0. The molecule has 1 aromatic heterocycles. The van der Waals surface area contributed by atoms with E-state index in [0.717, 1.165) is 11.1 Å². The van der Waals surface area contributed by atoms with Gasteiger partial charge in [0.2, 0.25) is 0 Å². The van der Waals surface area contributed by atoms with E-state index < -0.39 is 11.9 Å². The average molecular weight is 261 g/mol. The molecule has 0 aliphatic heterocycles. The Labute approximate surface area is 111 Å². The second kappa shape index (κ2) is 5.36. The molecule has 1 aromatic carbocycles. The van der Waals surface area contributed by atoms with Gasteiger partial charge in [-0.3, -0.25) is 4.98 Å². The van der Waals surface area contributed by atoms with Gasteiger partial charge in [0.25, 0.3) is 0 Å². The monoisotopic (exact) mass is 261 g/mol. The standard InChI is InChI=1S/C15H16FNO2/c1-9-6-10(2)14(17-8-9)15(18)12-5-4-11(19-3)7-13(12)16/h4-8,15,18H,1-3H3. The second-order valence-corrected chi connectivity index (χ2v) is 4.50. The number of hydrogen-bond donors (Lipinski definition) is 1. The number of aliphatic hydroxyl groups excluding tert-OH is 1. The Hall–Kier alpha value is -1.94. The molecule has 0 aliphatic carbocycles. The summed E-state index contributed by atoms with van der Waals surface area (Å²) in [7, 11) is 1.47. The van der Waals surface area contributed by atoms with Gasteiger partial charge in [0.1, 0.15) is 17.7 Å². The number of benzene rings is 1. The molecule has 1 heterocycles. The van der Waals surface area contributed by atoms with Crippen LogP contribution in [0.15, 0.2) is 30.5 Å². The van der Waals surface area contributed by atoms with E-state index >= 15 is 0 Å². The van der Waals surface area contributed by atoms with Crippen LogP contribution in [0.25, 0.3) is 0 Å². The van der Waals surface area contributed by atoms with Gasteiger partial charge in [-0.2, -0.15) is 0 Å². The van der Waals surface area contributed by atoms with Crippen LogP contribution in [0, 0.1) is 19.7 Å². The summed E-state index contributed by atoms with van der Waals surface area (Å²) in [5.41, 5.74) is 2.50. The first-order chi connectivity index (χ1) is 9.02. The van der Waals surface area contributed by atoms with E-state index in [2.05, 4.69) is 4.98 Å². The van der Waals surface area contributed by atoms with Gasteiger partial charge in [-0.25, -0.2) is 4.39 Å². The molecule has 1 N–H and O–H groups in total. The predicted octanol–water partition coefficient (Wildman–Crippen LogP) is 2.93. The summed E-state index contributed by atoms with van der Waals surface area (Å²) >= 11 is 0. The number of halogens is 1. The van der Waals surface area contributed by atoms with Crippen LogP contribution >= 0.6 is 0 Å². The maximum absolute atomic E-state index is 13.9. The van der Waals surface area contributed by atoms with E-state index in [9.17, 15) is 9.50 Å². The van der Waals surface area contributed by atoms with Crippen LogP contribution in [0.4, 0.5) is 4.39 Å². The summed E-state index contributed by atoms with van der Waals surface area (Å²) in [5.74, 6) is -0.0873. The van der Waals surface area contributed by atoms with Gasteiger partial charge in [-0.1, -0.05) is 6.07 Å². The lowest BCUT2D eigenvalue weighted by Crippen LogP contribution is -2.07. The fraction of sp³-hybridized carbons (Fsp3) is 0.267. The molecule has 0 spiro atoms. The molecular weight excluding hydrogens is 245 g/mol. The molecule has 0 amide bonds. The van der Waals surface area contributed by atoms with Gasteiger partial charge in [-0.15, -0.1) is 0 Å². The molecule has 3 nitrogen and oxygen atoms in total. The summed E-state index contributed by atoms with van der Waals surface area (Å²) in [5, 5.41) is 10.3. The molecule has 1 unspecified atom stereocenters. The van der Waals surface area contributed by atoms with Gasteiger partial charge < -0.3 is 9.84 Å². The highest BCUT2D eigenvalue weighted by atomic mass is 19.1. The van der Waals surface area contributed by atoms with Gasteiger partial charge in [0.05, 0.1) is 12.8 Å². The van der Waals surface area contributed by atoms with Crippen molar-refractivity contribution in [3.63, 3.8) is 0 Å². The number of ether oxygens (including phenoxy) is 1. The number of aromatic nitrogens is 1. The van der Waals surface area contributed by atoms with Crippen molar-refractivity contribution in [3.05, 3.63) is 58.7 Å². The SMILES string of the molecule is COc1ccc(C(O)c2ncc(C)cc2C)c(F)c1. The summed E-state index contributed by atoms with van der Waals surface area (Å²) in [6, 6.07) is 6.29. The minimum Gasteiger partial charge on any atom is -0.497 e. The van der Waals surface area contributed by atoms with Crippen molar-refractivity contribution in [1.82, 2.24) is 4.98 Å². The van der Waals surface area contributed by atoms with Crippen LogP contribution in [0.5, 0.6) is 5.75 Å². The molecule has 100 valence electrons. The first kappa shape index (κ1) is 13.5. The molecular formula is C15H16FNO2. The van der Waals surface area contributed by atoms with Crippen molar-refractivity contribution in [3.8, 4) is 5.75 Å². The zero-order valence-electron chi connectivity index (χ0n) is 11.1. The molecule has 0 saturated carbocycles. The third-order valence-electron chi connectivity index (χ3n) is 3.02. The number of pyridine rings is 1. The third kappa shape index (κ3) is 2.74. The lowest BCUT2D eigenvalue weighted by Gasteiger charge is -2.14. The number of hydrogen-bond acceptors (Lipinski definition) is 3. The lowest BCUT2D eigenvalue weighted by molar-refractivity contribution is 0.209. The Balaban J connectivity index is 2.41. The minimum atomic E-state index is -1.08. The molecule has 4 heteroatoms. The van der Waals surface area contributed by atoms with Crippen molar-refractivity contribution in [2.24, 2.45) is 0 Å². The fourth-order valence-corrected chi connectivity index (χ4v) is 2.02. The number of aryl methyl sites for hydroxylation is 2. The first-order valence-corrected chi connectivity index (χ1v) is 5.97. The summed E-state index contributed by atoms with van der Waals surface area (Å²) < 4.78 is 18.9. The molecule has 0 saturated heterocycles. The van der Waals surface area contributed by atoms with E-state index in [1.165, 1.54) is 19.2 Å². The highest BCUT2D eigenvalue weighted by Gasteiger charge is 2.18. The van der Waals surface area contributed by atoms with Gasteiger partial charge >= 0.3 is 0 Å². The highest BCUT2D eigenvalue weighted by Crippen LogP contribution is 2.27. The average Bonchev–Trinajstić information content (AvgIpc) is 2.37. The third-order valence-corrected chi connectivity index (χ3v) is 3.02. The Morgan fingerprint density at radius 2 is 2.00 bits per heavy atom. The van der Waals surface area contributed by atoms with Crippen LogP contribution in [0.3, 0.4) is 0 Å². The number of rotatable bonds is 3. The number of nitrogens with zero attached hydrogens (tertiary/aromatic N) is 1. The quantitative estimate of drug-likeness (QED) is 0.923. The highest BCUT2D eigenvalue weighted by molar-refractivity contribution is 5.36. The van der Waals surface area contributed by atoms with Crippen LogP contribution in [-0.4, -0.2) is 17.2 Å². The van der Waals surface area contributed by atoms with Gasteiger partial charge in [0.15, 0.2) is 0 Å². The Morgan fingerprint density at radius 3 is 2.58 bits per heavy atom. The van der Waals surface area contributed by atoms with Gasteiger partial charge in [-0.05, 0) is 37.1 Å². The molecule has 1 atom stereocenters. The van der Waals surface area contributed by atoms with Crippen molar-refractivity contribution < 1.29 is 14.2 Å². The van der Waals surface area contributed by atoms with Crippen molar-refractivity contribution >= 4 is 0 Å². The summed E-state index contributed by atoms with van der Waals surface area (Å²) in [6.07, 6.45) is 0.582.